The van der Waals surface area contributed by atoms with Crippen LogP contribution in [-0.4, -0.2) is 31.6 Å². The van der Waals surface area contributed by atoms with Crippen LogP contribution in [-0.2, 0) is 10.0 Å². The predicted molar refractivity (Wildman–Crippen MR) is 100 cm³/mol. The standard InChI is InChI=1S/C17H15Cl2FN2O4S/c18-14-3-2-12(27(25,26)22-10-5-11(23)6-10)8-13(14)17(24)21-9-1-4-16(20)15(19)7-9/h1-4,7-8,10-11,22-23H,5-6H2,(H,21,24). The molecule has 144 valence electrons. The molecule has 1 fully saturated rings. The Morgan fingerprint density at radius 3 is 2.44 bits per heavy atom. The van der Waals surface area contributed by atoms with Crippen LogP contribution in [0.2, 0.25) is 10.0 Å². The number of nitrogens with one attached hydrogen (secondary N) is 2. The summed E-state index contributed by atoms with van der Waals surface area (Å²) in [5, 5.41) is 11.7. The van der Waals surface area contributed by atoms with E-state index in [4.69, 9.17) is 23.2 Å². The van der Waals surface area contributed by atoms with Crippen molar-refractivity contribution in [2.45, 2.75) is 29.9 Å². The smallest absolute Gasteiger partial charge is 0.257 e. The molecule has 3 rings (SSSR count). The van der Waals surface area contributed by atoms with Gasteiger partial charge in [0.15, 0.2) is 0 Å². The molecule has 0 spiro atoms. The number of rotatable bonds is 5. The second-order valence-electron chi connectivity index (χ2n) is 6.17. The van der Waals surface area contributed by atoms with E-state index in [2.05, 4.69) is 10.0 Å². The molecule has 2 aromatic rings. The number of carbonyl (C=O) groups is 1. The number of hydrogen-bond acceptors (Lipinski definition) is 4. The second kappa shape index (κ2) is 7.73. The Kier molecular flexibility index (Phi) is 5.73. The number of amides is 1. The summed E-state index contributed by atoms with van der Waals surface area (Å²) in [6, 6.07) is 7.03. The Labute approximate surface area is 165 Å². The number of aliphatic hydroxyl groups is 1. The molecule has 10 heteroatoms. The van der Waals surface area contributed by atoms with Gasteiger partial charge in [-0.1, -0.05) is 23.2 Å². The minimum absolute atomic E-state index is 0.0544. The van der Waals surface area contributed by atoms with Gasteiger partial charge in [-0.15, -0.1) is 0 Å². The van der Waals surface area contributed by atoms with Crippen molar-refractivity contribution in [3.8, 4) is 0 Å². The van der Waals surface area contributed by atoms with Crippen LogP contribution in [0, 0.1) is 5.82 Å². The lowest BCUT2D eigenvalue weighted by atomic mass is 9.91. The molecule has 0 saturated heterocycles. The molecule has 1 saturated carbocycles. The average Bonchev–Trinajstić information content (AvgIpc) is 2.56. The zero-order valence-corrected chi connectivity index (χ0v) is 16.1. The van der Waals surface area contributed by atoms with Crippen molar-refractivity contribution in [1.29, 1.82) is 0 Å². The van der Waals surface area contributed by atoms with Crippen molar-refractivity contribution in [3.63, 3.8) is 0 Å². The summed E-state index contributed by atoms with van der Waals surface area (Å²) in [5.74, 6) is -1.30. The van der Waals surface area contributed by atoms with Gasteiger partial charge in [0.05, 0.1) is 26.6 Å². The fourth-order valence-corrected chi connectivity index (χ4v) is 4.26. The largest absolute Gasteiger partial charge is 0.393 e. The predicted octanol–water partition coefficient (Wildman–Crippen LogP) is 3.19. The molecule has 0 unspecified atom stereocenters. The van der Waals surface area contributed by atoms with Gasteiger partial charge in [0, 0.05) is 11.7 Å². The highest BCUT2D eigenvalue weighted by atomic mass is 35.5. The van der Waals surface area contributed by atoms with Crippen LogP contribution in [0.4, 0.5) is 10.1 Å². The van der Waals surface area contributed by atoms with Gasteiger partial charge in [-0.3, -0.25) is 4.79 Å². The lowest BCUT2D eigenvalue weighted by Crippen LogP contribution is -2.46. The maximum atomic E-state index is 13.2. The van der Waals surface area contributed by atoms with Crippen LogP contribution >= 0.6 is 23.2 Å². The van der Waals surface area contributed by atoms with Gasteiger partial charge in [-0.25, -0.2) is 17.5 Å². The summed E-state index contributed by atoms with van der Waals surface area (Å²) < 4.78 is 40.6. The molecule has 3 N–H and O–H groups in total. The molecule has 0 aliphatic heterocycles. The van der Waals surface area contributed by atoms with Crippen LogP contribution in [0.3, 0.4) is 0 Å². The van der Waals surface area contributed by atoms with Crippen molar-refractivity contribution in [2.75, 3.05) is 5.32 Å². The summed E-state index contributed by atoms with van der Waals surface area (Å²) in [5.41, 5.74) is 0.172. The SMILES string of the molecule is O=C(Nc1ccc(F)c(Cl)c1)c1cc(S(=O)(=O)NC2CC(O)C2)ccc1Cl. The van der Waals surface area contributed by atoms with E-state index in [0.717, 1.165) is 12.1 Å². The Bertz CT molecular complexity index is 994. The van der Waals surface area contributed by atoms with E-state index < -0.39 is 27.9 Å². The molecule has 0 bridgehead atoms. The highest BCUT2D eigenvalue weighted by molar-refractivity contribution is 7.89. The van der Waals surface area contributed by atoms with Crippen molar-refractivity contribution < 1.29 is 22.7 Å². The first-order valence-electron chi connectivity index (χ1n) is 7.92. The molecule has 0 atom stereocenters. The zero-order chi connectivity index (χ0) is 19.8. The van der Waals surface area contributed by atoms with Gasteiger partial charge in [0.2, 0.25) is 10.0 Å². The van der Waals surface area contributed by atoms with Gasteiger partial charge >= 0.3 is 0 Å². The maximum Gasteiger partial charge on any atom is 0.257 e. The number of carbonyl (C=O) groups excluding carboxylic acids is 1. The van der Waals surface area contributed by atoms with E-state index in [9.17, 15) is 22.7 Å². The Balaban J connectivity index is 1.81. The molecule has 2 aromatic carbocycles. The summed E-state index contributed by atoms with van der Waals surface area (Å²) in [7, 11) is -3.87. The highest BCUT2D eigenvalue weighted by Crippen LogP contribution is 2.26. The van der Waals surface area contributed by atoms with Crippen molar-refractivity contribution in [3.05, 3.63) is 57.8 Å². The van der Waals surface area contributed by atoms with Crippen molar-refractivity contribution in [2.24, 2.45) is 0 Å². The summed E-state index contributed by atoms with van der Waals surface area (Å²) in [6.07, 6.45) is 0.170. The van der Waals surface area contributed by atoms with E-state index in [1.807, 2.05) is 0 Å². The van der Waals surface area contributed by atoms with Crippen LogP contribution in [0.15, 0.2) is 41.3 Å². The molecule has 27 heavy (non-hydrogen) atoms. The van der Waals surface area contributed by atoms with E-state index >= 15 is 0 Å². The van der Waals surface area contributed by atoms with Crippen LogP contribution in [0.1, 0.15) is 23.2 Å². The van der Waals surface area contributed by atoms with Gasteiger partial charge in [-0.2, -0.15) is 0 Å². The van der Waals surface area contributed by atoms with Gasteiger partial charge < -0.3 is 10.4 Å². The number of benzene rings is 2. The molecule has 0 aromatic heterocycles. The second-order valence-corrected chi connectivity index (χ2v) is 8.70. The maximum absolute atomic E-state index is 13.2. The van der Waals surface area contributed by atoms with Gasteiger partial charge in [0.1, 0.15) is 5.82 Å². The number of hydrogen-bond donors (Lipinski definition) is 3. The van der Waals surface area contributed by atoms with Crippen molar-refractivity contribution >= 4 is 44.8 Å². The van der Waals surface area contributed by atoms with E-state index in [0.29, 0.717) is 12.8 Å². The van der Waals surface area contributed by atoms with E-state index in [1.165, 1.54) is 24.3 Å². The van der Waals surface area contributed by atoms with Gasteiger partial charge in [-0.05, 0) is 49.2 Å². The number of halogens is 3. The first-order chi connectivity index (χ1) is 12.7. The molecule has 6 nitrogen and oxygen atoms in total. The third kappa shape index (κ3) is 4.59. The van der Waals surface area contributed by atoms with E-state index in [1.54, 1.807) is 0 Å². The third-order valence-electron chi connectivity index (χ3n) is 4.11. The highest BCUT2D eigenvalue weighted by Gasteiger charge is 2.31. The molecular formula is C17H15Cl2FN2O4S. The minimum atomic E-state index is -3.87. The molecular weight excluding hydrogens is 418 g/mol. The summed E-state index contributed by atoms with van der Waals surface area (Å²) in [4.78, 5) is 12.3. The van der Waals surface area contributed by atoms with Gasteiger partial charge in [0.25, 0.3) is 5.91 Å². The number of sulfonamides is 1. The zero-order valence-electron chi connectivity index (χ0n) is 13.7. The fourth-order valence-electron chi connectivity index (χ4n) is 2.59. The summed E-state index contributed by atoms with van der Waals surface area (Å²) in [6.45, 7) is 0. The lowest BCUT2D eigenvalue weighted by molar-refractivity contribution is 0.0712. The normalized spacial score (nSPS) is 19.4. The van der Waals surface area contributed by atoms with Crippen LogP contribution < -0.4 is 10.0 Å². The molecule has 1 aliphatic rings. The Morgan fingerprint density at radius 1 is 1.11 bits per heavy atom. The average molecular weight is 433 g/mol. The molecule has 1 amide bonds. The van der Waals surface area contributed by atoms with Crippen LogP contribution in [0.25, 0.3) is 0 Å². The summed E-state index contributed by atoms with van der Waals surface area (Å²) >= 11 is 11.7. The molecule has 0 heterocycles. The first kappa shape index (κ1) is 20.0. The number of aliphatic hydroxyl groups excluding tert-OH is 1. The Hall–Kier alpha value is -1.71. The van der Waals surface area contributed by atoms with E-state index in [-0.39, 0.29) is 32.2 Å². The lowest BCUT2D eigenvalue weighted by Gasteiger charge is -2.31. The molecule has 0 radical (unpaired) electrons. The topological polar surface area (TPSA) is 95.5 Å². The Morgan fingerprint density at radius 2 is 1.81 bits per heavy atom. The first-order valence-corrected chi connectivity index (χ1v) is 10.2. The minimum Gasteiger partial charge on any atom is -0.393 e. The fraction of sp³-hybridized carbons (Fsp3) is 0.235. The van der Waals surface area contributed by atoms with Crippen LogP contribution in [0.5, 0.6) is 0 Å². The quantitative estimate of drug-likeness (QED) is 0.675. The van der Waals surface area contributed by atoms with Crippen molar-refractivity contribution in [1.82, 2.24) is 4.72 Å². The monoisotopic (exact) mass is 432 g/mol. The number of anilines is 1. The third-order valence-corrected chi connectivity index (χ3v) is 6.24. The molecule has 1 aliphatic carbocycles.